The van der Waals surface area contributed by atoms with Gasteiger partial charge in [0, 0.05) is 17.6 Å². The second-order valence-electron chi connectivity index (χ2n) is 5.99. The van der Waals surface area contributed by atoms with Gasteiger partial charge in [-0.2, -0.15) is 0 Å². The van der Waals surface area contributed by atoms with Crippen LogP contribution in [0.1, 0.15) is 73.8 Å². The first-order valence-electron chi connectivity index (χ1n) is 8.85. The molecule has 0 aromatic heterocycles. The van der Waals surface area contributed by atoms with Gasteiger partial charge in [-0.1, -0.05) is 61.8 Å². The van der Waals surface area contributed by atoms with Crippen molar-refractivity contribution in [2.24, 2.45) is 5.41 Å². The molecule has 0 bridgehead atoms. The lowest BCUT2D eigenvalue weighted by molar-refractivity contribution is -0.125. The van der Waals surface area contributed by atoms with Gasteiger partial charge in [-0.15, -0.1) is 0 Å². The lowest BCUT2D eigenvalue weighted by Crippen LogP contribution is -2.40. The molecule has 1 amide bonds. The fraction of sp³-hybridized carbons (Fsp3) is 0.650. The molecule has 0 aliphatic carbocycles. The summed E-state index contributed by atoms with van der Waals surface area (Å²) in [5.74, 6) is -0.158. The van der Waals surface area contributed by atoms with E-state index in [1.165, 1.54) is 6.07 Å². The lowest BCUT2D eigenvalue weighted by Gasteiger charge is -2.30. The molecule has 0 saturated heterocycles. The highest BCUT2D eigenvalue weighted by atomic mass is 19.1. The molecule has 0 N–H and O–H groups in total. The maximum Gasteiger partial charge on any atom is 0.232 e. The summed E-state index contributed by atoms with van der Waals surface area (Å²) in [6.45, 7) is 18.2. The highest BCUT2D eigenvalue weighted by molar-refractivity contribution is 5.96. The van der Waals surface area contributed by atoms with Crippen molar-refractivity contribution < 1.29 is 9.18 Å². The van der Waals surface area contributed by atoms with Crippen LogP contribution in [-0.2, 0) is 4.79 Å². The molecule has 0 heterocycles. The summed E-state index contributed by atoms with van der Waals surface area (Å²) in [6, 6.07) is 4.86. The van der Waals surface area contributed by atoms with Crippen LogP contribution in [0, 0.1) is 18.2 Å². The monoisotopic (exact) mass is 325 g/mol. The Hall–Kier alpha value is -1.38. The van der Waals surface area contributed by atoms with Gasteiger partial charge in [0.15, 0.2) is 0 Å². The third kappa shape index (κ3) is 8.15. The molecule has 134 valence electrons. The van der Waals surface area contributed by atoms with Crippen molar-refractivity contribution >= 4 is 11.6 Å². The molecular formula is C20H36FNO. The SMILES string of the molecule is CC.CC.CCCCN(C(=O)C(C)(C)C)c1ccc(F)c(C)c1. The predicted octanol–water partition coefficient (Wildman–Crippen LogP) is 6.37. The number of aryl methyl sites for hydroxylation is 1. The Morgan fingerprint density at radius 3 is 2.04 bits per heavy atom. The van der Waals surface area contributed by atoms with E-state index in [9.17, 15) is 9.18 Å². The third-order valence-corrected chi connectivity index (χ3v) is 3.08. The van der Waals surface area contributed by atoms with Gasteiger partial charge in [0.05, 0.1) is 0 Å². The highest BCUT2D eigenvalue weighted by Crippen LogP contribution is 2.25. The van der Waals surface area contributed by atoms with Crippen LogP contribution in [-0.4, -0.2) is 12.5 Å². The second-order valence-corrected chi connectivity index (χ2v) is 5.99. The van der Waals surface area contributed by atoms with E-state index in [1.54, 1.807) is 24.0 Å². The summed E-state index contributed by atoms with van der Waals surface area (Å²) in [7, 11) is 0. The van der Waals surface area contributed by atoms with Crippen LogP contribution in [0.5, 0.6) is 0 Å². The molecule has 1 aromatic carbocycles. The number of hydrogen-bond donors (Lipinski definition) is 0. The van der Waals surface area contributed by atoms with Gasteiger partial charge in [-0.05, 0) is 37.1 Å². The van der Waals surface area contributed by atoms with Crippen molar-refractivity contribution in [3.05, 3.63) is 29.6 Å². The molecule has 1 rings (SSSR count). The van der Waals surface area contributed by atoms with E-state index in [0.29, 0.717) is 12.1 Å². The zero-order valence-electron chi connectivity index (χ0n) is 16.6. The predicted molar refractivity (Wildman–Crippen MR) is 101 cm³/mol. The van der Waals surface area contributed by atoms with Crippen LogP contribution in [0.25, 0.3) is 0 Å². The Kier molecular flexibility index (Phi) is 12.6. The first-order valence-corrected chi connectivity index (χ1v) is 8.85. The summed E-state index contributed by atoms with van der Waals surface area (Å²) >= 11 is 0. The number of carbonyl (C=O) groups is 1. The average Bonchev–Trinajstić information content (AvgIpc) is 2.54. The number of halogens is 1. The summed E-state index contributed by atoms with van der Waals surface area (Å²) in [5.41, 5.74) is 0.920. The molecular weight excluding hydrogens is 289 g/mol. The van der Waals surface area contributed by atoms with Gasteiger partial charge in [0.2, 0.25) is 5.91 Å². The van der Waals surface area contributed by atoms with Gasteiger partial charge >= 0.3 is 0 Å². The van der Waals surface area contributed by atoms with Gasteiger partial charge in [-0.25, -0.2) is 4.39 Å². The summed E-state index contributed by atoms with van der Waals surface area (Å²) in [4.78, 5) is 14.3. The fourth-order valence-electron chi connectivity index (χ4n) is 1.87. The van der Waals surface area contributed by atoms with Gasteiger partial charge in [-0.3, -0.25) is 4.79 Å². The molecule has 0 fully saturated rings. The maximum absolute atomic E-state index is 13.3. The number of amides is 1. The molecule has 0 atom stereocenters. The smallest absolute Gasteiger partial charge is 0.232 e. The third-order valence-electron chi connectivity index (χ3n) is 3.08. The summed E-state index contributed by atoms with van der Waals surface area (Å²) in [6.07, 6.45) is 1.96. The zero-order valence-corrected chi connectivity index (χ0v) is 16.6. The number of hydrogen-bond acceptors (Lipinski definition) is 1. The van der Waals surface area contributed by atoms with Crippen molar-refractivity contribution in [3.8, 4) is 0 Å². The average molecular weight is 326 g/mol. The van der Waals surface area contributed by atoms with E-state index in [4.69, 9.17) is 0 Å². The van der Waals surface area contributed by atoms with Gasteiger partial charge in [0.1, 0.15) is 5.82 Å². The van der Waals surface area contributed by atoms with E-state index >= 15 is 0 Å². The summed E-state index contributed by atoms with van der Waals surface area (Å²) < 4.78 is 13.3. The van der Waals surface area contributed by atoms with Crippen LogP contribution in [0.4, 0.5) is 10.1 Å². The molecule has 0 aliphatic rings. The minimum Gasteiger partial charge on any atom is -0.312 e. The van der Waals surface area contributed by atoms with E-state index in [-0.39, 0.29) is 11.7 Å². The molecule has 0 radical (unpaired) electrons. The van der Waals surface area contributed by atoms with Crippen molar-refractivity contribution in [3.63, 3.8) is 0 Å². The van der Waals surface area contributed by atoms with Crippen LogP contribution < -0.4 is 4.90 Å². The molecule has 0 spiro atoms. The Morgan fingerprint density at radius 2 is 1.65 bits per heavy atom. The normalized spacial score (nSPS) is 10.0. The Morgan fingerprint density at radius 1 is 1.13 bits per heavy atom. The Bertz CT molecular complexity index is 449. The first-order chi connectivity index (χ1) is 10.8. The fourth-order valence-corrected chi connectivity index (χ4v) is 1.87. The topological polar surface area (TPSA) is 20.3 Å². The van der Waals surface area contributed by atoms with Crippen molar-refractivity contribution in [2.75, 3.05) is 11.4 Å². The molecule has 23 heavy (non-hydrogen) atoms. The number of unbranched alkanes of at least 4 members (excludes halogenated alkanes) is 1. The van der Waals surface area contributed by atoms with Gasteiger partial charge in [0.25, 0.3) is 0 Å². The molecule has 0 saturated carbocycles. The van der Waals surface area contributed by atoms with E-state index in [2.05, 4.69) is 6.92 Å². The summed E-state index contributed by atoms with van der Waals surface area (Å²) in [5, 5.41) is 0. The second kappa shape index (κ2) is 12.1. The van der Waals surface area contributed by atoms with E-state index < -0.39 is 5.41 Å². The number of carbonyl (C=O) groups excluding carboxylic acids is 1. The van der Waals surface area contributed by atoms with Crippen molar-refractivity contribution in [2.45, 2.75) is 75.2 Å². The molecule has 1 aromatic rings. The van der Waals surface area contributed by atoms with Crippen LogP contribution >= 0.6 is 0 Å². The molecule has 0 aliphatic heterocycles. The molecule has 2 nitrogen and oxygen atoms in total. The largest absolute Gasteiger partial charge is 0.312 e. The Labute approximate surface area is 143 Å². The molecule has 3 heteroatoms. The van der Waals surface area contributed by atoms with Crippen molar-refractivity contribution in [1.82, 2.24) is 0 Å². The van der Waals surface area contributed by atoms with E-state index in [1.807, 2.05) is 48.5 Å². The van der Waals surface area contributed by atoms with Gasteiger partial charge < -0.3 is 4.90 Å². The number of nitrogens with zero attached hydrogens (tertiary/aromatic N) is 1. The highest BCUT2D eigenvalue weighted by Gasteiger charge is 2.28. The standard InChI is InChI=1S/C16H24FNO.2C2H6/c1-6-7-10-18(15(19)16(3,4)5)13-8-9-14(17)12(2)11-13;2*1-2/h8-9,11H,6-7,10H2,1-5H3;2*1-2H3. The number of rotatable bonds is 4. The quantitative estimate of drug-likeness (QED) is 0.630. The molecule has 0 unspecified atom stereocenters. The number of benzene rings is 1. The van der Waals surface area contributed by atoms with Crippen molar-refractivity contribution in [1.29, 1.82) is 0 Å². The Balaban J connectivity index is 0. The van der Waals surface area contributed by atoms with Crippen LogP contribution in [0.15, 0.2) is 18.2 Å². The first kappa shape index (κ1) is 23.9. The zero-order chi connectivity index (χ0) is 18.6. The number of anilines is 1. The minimum absolute atomic E-state index is 0.0759. The maximum atomic E-state index is 13.3. The van der Waals surface area contributed by atoms with Crippen LogP contribution in [0.2, 0.25) is 0 Å². The van der Waals surface area contributed by atoms with E-state index in [0.717, 1.165) is 18.5 Å². The minimum atomic E-state index is -0.434. The van der Waals surface area contributed by atoms with Crippen LogP contribution in [0.3, 0.4) is 0 Å². The lowest BCUT2D eigenvalue weighted by atomic mass is 9.94.